The van der Waals surface area contributed by atoms with E-state index in [1.807, 2.05) is 42.8 Å². The van der Waals surface area contributed by atoms with Crippen LogP contribution in [0, 0.1) is 13.8 Å². The van der Waals surface area contributed by atoms with Gasteiger partial charge in [-0.05, 0) is 32.0 Å². The third kappa shape index (κ3) is 5.64. The monoisotopic (exact) mass is 493 g/mol. The molecule has 0 spiro atoms. The second-order valence-corrected chi connectivity index (χ2v) is 8.76. The van der Waals surface area contributed by atoms with E-state index in [2.05, 4.69) is 10.1 Å². The zero-order valence-electron chi connectivity index (χ0n) is 20.9. The first-order valence-corrected chi connectivity index (χ1v) is 12.0. The highest BCUT2D eigenvalue weighted by atomic mass is 16.5. The summed E-state index contributed by atoms with van der Waals surface area (Å²) < 4.78 is 14.3. The molecule has 0 atom stereocenters. The van der Waals surface area contributed by atoms with Gasteiger partial charge in [0.2, 0.25) is 5.91 Å². The summed E-state index contributed by atoms with van der Waals surface area (Å²) in [5.74, 6) is -0.399. The Morgan fingerprint density at radius 1 is 1.11 bits per heavy atom. The molecule has 0 radical (unpaired) electrons. The molecule has 10 heteroatoms. The molecule has 1 aliphatic heterocycles. The zero-order valence-corrected chi connectivity index (χ0v) is 20.9. The summed E-state index contributed by atoms with van der Waals surface area (Å²) in [5.41, 5.74) is 3.25. The van der Waals surface area contributed by atoms with Gasteiger partial charge in [-0.2, -0.15) is 5.10 Å². The van der Waals surface area contributed by atoms with Crippen molar-refractivity contribution in [2.75, 3.05) is 26.8 Å². The van der Waals surface area contributed by atoms with E-state index in [1.54, 1.807) is 15.7 Å². The number of aromatic nitrogens is 4. The summed E-state index contributed by atoms with van der Waals surface area (Å²) in [6.07, 6.45) is 2.87. The van der Waals surface area contributed by atoms with Gasteiger partial charge in [-0.15, -0.1) is 0 Å². The predicted octanol–water partition coefficient (Wildman–Crippen LogP) is 1.94. The fourth-order valence-corrected chi connectivity index (χ4v) is 4.51. The third-order valence-electron chi connectivity index (χ3n) is 6.32. The van der Waals surface area contributed by atoms with Crippen LogP contribution in [-0.4, -0.2) is 62.9 Å². The van der Waals surface area contributed by atoms with Crippen molar-refractivity contribution in [3.05, 3.63) is 75.2 Å². The van der Waals surface area contributed by atoms with Crippen LogP contribution < -0.4 is 10.3 Å². The zero-order chi connectivity index (χ0) is 25.7. The van der Waals surface area contributed by atoms with Crippen molar-refractivity contribution in [1.82, 2.24) is 24.2 Å². The molecule has 3 aromatic heterocycles. The number of rotatable bonds is 8. The number of aryl methyl sites for hydroxylation is 3. The normalized spacial score (nSPS) is 13.1. The number of esters is 1. The standard InChI is InChI=1S/C26H31N5O5/c1-18-16-19(2)31(28-18)12-8-23(32)29-11-7-21-25(26(34)35-3)22(17-24(33)30(21)14-13-29)36-15-9-20-6-4-5-10-27-20/h4-6,10,16-17H,7-9,11-15H2,1-3H3. The van der Waals surface area contributed by atoms with Gasteiger partial charge in [-0.3, -0.25) is 19.3 Å². The lowest BCUT2D eigenvalue weighted by Crippen LogP contribution is -2.34. The molecular weight excluding hydrogens is 462 g/mol. The minimum atomic E-state index is -0.573. The van der Waals surface area contributed by atoms with Crippen LogP contribution in [0.2, 0.25) is 0 Å². The van der Waals surface area contributed by atoms with E-state index in [0.29, 0.717) is 44.6 Å². The molecule has 1 amide bonds. The summed E-state index contributed by atoms with van der Waals surface area (Å²) in [4.78, 5) is 44.7. The SMILES string of the molecule is COC(=O)c1c(OCCc2ccccn2)cc(=O)n2c1CCN(C(=O)CCn1nc(C)cc1C)CC2. The first-order valence-electron chi connectivity index (χ1n) is 12.0. The number of hydrogen-bond acceptors (Lipinski definition) is 7. The van der Waals surface area contributed by atoms with Crippen molar-refractivity contribution in [2.45, 2.75) is 46.2 Å². The Hall–Kier alpha value is -3.95. The van der Waals surface area contributed by atoms with Crippen molar-refractivity contribution in [2.24, 2.45) is 0 Å². The summed E-state index contributed by atoms with van der Waals surface area (Å²) in [5, 5.41) is 4.42. The smallest absolute Gasteiger partial charge is 0.343 e. The minimum absolute atomic E-state index is 0.0186. The average Bonchev–Trinajstić information content (AvgIpc) is 3.05. The largest absolute Gasteiger partial charge is 0.492 e. The van der Waals surface area contributed by atoms with E-state index in [0.717, 1.165) is 17.1 Å². The van der Waals surface area contributed by atoms with Crippen molar-refractivity contribution >= 4 is 11.9 Å². The van der Waals surface area contributed by atoms with E-state index in [-0.39, 0.29) is 35.9 Å². The summed E-state index contributed by atoms with van der Waals surface area (Å²) in [6, 6.07) is 8.91. The number of fused-ring (bicyclic) bond motifs is 1. The molecule has 4 rings (SSSR count). The quantitative estimate of drug-likeness (QED) is 0.441. The molecule has 0 aliphatic carbocycles. The van der Waals surface area contributed by atoms with Crippen molar-refractivity contribution in [1.29, 1.82) is 0 Å². The van der Waals surface area contributed by atoms with Gasteiger partial charge in [-0.25, -0.2) is 4.79 Å². The number of pyridine rings is 2. The number of carbonyl (C=O) groups excluding carboxylic acids is 2. The molecule has 1 aliphatic rings. The van der Waals surface area contributed by atoms with Crippen LogP contribution in [0.1, 0.15) is 39.6 Å². The average molecular weight is 494 g/mol. The van der Waals surface area contributed by atoms with E-state index < -0.39 is 5.97 Å². The molecule has 0 saturated heterocycles. The molecule has 10 nitrogen and oxygen atoms in total. The molecule has 0 N–H and O–H groups in total. The lowest BCUT2D eigenvalue weighted by molar-refractivity contribution is -0.131. The van der Waals surface area contributed by atoms with Crippen LogP contribution >= 0.6 is 0 Å². The Balaban J connectivity index is 1.49. The molecule has 36 heavy (non-hydrogen) atoms. The van der Waals surface area contributed by atoms with Gasteiger partial charge >= 0.3 is 5.97 Å². The highest BCUT2D eigenvalue weighted by Gasteiger charge is 2.27. The minimum Gasteiger partial charge on any atom is -0.492 e. The molecule has 190 valence electrons. The Morgan fingerprint density at radius 3 is 2.64 bits per heavy atom. The van der Waals surface area contributed by atoms with Gasteiger partial charge < -0.3 is 18.9 Å². The highest BCUT2D eigenvalue weighted by Crippen LogP contribution is 2.24. The van der Waals surface area contributed by atoms with E-state index in [9.17, 15) is 14.4 Å². The second-order valence-electron chi connectivity index (χ2n) is 8.76. The number of nitrogens with zero attached hydrogens (tertiary/aromatic N) is 5. The van der Waals surface area contributed by atoms with Crippen LogP contribution in [-0.2, 0) is 35.5 Å². The van der Waals surface area contributed by atoms with Gasteiger partial charge in [0.1, 0.15) is 11.3 Å². The fourth-order valence-electron chi connectivity index (χ4n) is 4.51. The maximum atomic E-state index is 13.0. The van der Waals surface area contributed by atoms with Crippen LogP contribution in [0.5, 0.6) is 5.75 Å². The first kappa shape index (κ1) is 25.2. The molecule has 0 unspecified atom stereocenters. The van der Waals surface area contributed by atoms with E-state index in [1.165, 1.54) is 13.2 Å². The molecule has 0 fully saturated rings. The lowest BCUT2D eigenvalue weighted by atomic mass is 10.1. The maximum absolute atomic E-state index is 13.0. The van der Waals surface area contributed by atoms with Crippen LogP contribution in [0.3, 0.4) is 0 Å². The molecule has 0 bridgehead atoms. The number of carbonyl (C=O) groups is 2. The van der Waals surface area contributed by atoms with Crippen LogP contribution in [0.15, 0.2) is 41.3 Å². The fraction of sp³-hybridized carbons (Fsp3) is 0.423. The van der Waals surface area contributed by atoms with E-state index in [4.69, 9.17) is 9.47 Å². The van der Waals surface area contributed by atoms with Gasteiger partial charge in [0.25, 0.3) is 5.56 Å². The van der Waals surface area contributed by atoms with Gasteiger partial charge in [-0.1, -0.05) is 6.07 Å². The molecular formula is C26H31N5O5. The molecule has 0 saturated carbocycles. The third-order valence-corrected chi connectivity index (χ3v) is 6.32. The number of amides is 1. The second kappa shape index (κ2) is 11.2. The molecule has 3 aromatic rings. The van der Waals surface area contributed by atoms with Gasteiger partial charge in [0.05, 0.1) is 19.4 Å². The highest BCUT2D eigenvalue weighted by molar-refractivity contribution is 5.93. The predicted molar refractivity (Wildman–Crippen MR) is 132 cm³/mol. The molecule has 4 heterocycles. The topological polar surface area (TPSA) is 109 Å². The summed E-state index contributed by atoms with van der Waals surface area (Å²) in [7, 11) is 1.30. The van der Waals surface area contributed by atoms with Gasteiger partial charge in [0, 0.05) is 74.8 Å². The van der Waals surface area contributed by atoms with Crippen molar-refractivity contribution < 1.29 is 19.1 Å². The first-order chi connectivity index (χ1) is 17.4. The van der Waals surface area contributed by atoms with Crippen LogP contribution in [0.4, 0.5) is 0 Å². The summed E-state index contributed by atoms with van der Waals surface area (Å²) >= 11 is 0. The Labute approximate surface area is 209 Å². The van der Waals surface area contributed by atoms with E-state index >= 15 is 0 Å². The van der Waals surface area contributed by atoms with Crippen molar-refractivity contribution in [3.8, 4) is 5.75 Å². The van der Waals surface area contributed by atoms with Crippen LogP contribution in [0.25, 0.3) is 0 Å². The Morgan fingerprint density at radius 2 is 1.94 bits per heavy atom. The van der Waals surface area contributed by atoms with Crippen molar-refractivity contribution in [3.63, 3.8) is 0 Å². The molecule has 0 aromatic carbocycles. The number of hydrogen-bond donors (Lipinski definition) is 0. The number of methoxy groups -OCH3 is 1. The maximum Gasteiger partial charge on any atom is 0.343 e. The number of ether oxygens (including phenoxy) is 2. The Kier molecular flexibility index (Phi) is 7.82. The Bertz CT molecular complexity index is 1300. The van der Waals surface area contributed by atoms with Gasteiger partial charge in [0.15, 0.2) is 0 Å². The summed E-state index contributed by atoms with van der Waals surface area (Å²) in [6.45, 7) is 5.68. The lowest BCUT2D eigenvalue weighted by Gasteiger charge is -2.20.